The maximum atomic E-state index is 11.6. The molecule has 0 aliphatic rings. The van der Waals surface area contributed by atoms with Crippen LogP contribution < -0.4 is 5.32 Å². The zero-order chi connectivity index (χ0) is 12.7. The van der Waals surface area contributed by atoms with Gasteiger partial charge in [0.05, 0.1) is 13.2 Å². The van der Waals surface area contributed by atoms with E-state index < -0.39 is 0 Å². The summed E-state index contributed by atoms with van der Waals surface area (Å²) >= 11 is 0. The highest BCUT2D eigenvalue weighted by molar-refractivity contribution is 5.88. The second kappa shape index (κ2) is 7.03. The van der Waals surface area contributed by atoms with Crippen LogP contribution in [0.1, 0.15) is 23.0 Å². The zero-order valence-electron chi connectivity index (χ0n) is 10.5. The van der Waals surface area contributed by atoms with Crippen LogP contribution in [0.2, 0.25) is 0 Å². The number of hydrogen-bond donors (Lipinski definition) is 1. The van der Waals surface area contributed by atoms with E-state index in [0.717, 1.165) is 12.1 Å². The van der Waals surface area contributed by atoms with Gasteiger partial charge in [-0.3, -0.25) is 4.68 Å². The van der Waals surface area contributed by atoms with Gasteiger partial charge >= 0.3 is 5.97 Å². The molecule has 96 valence electrons. The van der Waals surface area contributed by atoms with Crippen LogP contribution in [0.3, 0.4) is 0 Å². The molecule has 1 aromatic heterocycles. The van der Waals surface area contributed by atoms with E-state index in [1.807, 2.05) is 6.20 Å². The van der Waals surface area contributed by atoms with Gasteiger partial charge in [0.2, 0.25) is 0 Å². The third-order valence-corrected chi connectivity index (χ3v) is 2.17. The van der Waals surface area contributed by atoms with E-state index in [1.165, 1.54) is 0 Å². The van der Waals surface area contributed by atoms with Crippen molar-refractivity contribution in [3.63, 3.8) is 0 Å². The number of nitrogens with one attached hydrogen (secondary N) is 1. The minimum Gasteiger partial charge on any atom is -0.461 e. The van der Waals surface area contributed by atoms with Crippen molar-refractivity contribution >= 4 is 5.97 Å². The molecule has 6 heteroatoms. The van der Waals surface area contributed by atoms with Crippen molar-refractivity contribution in [3.8, 4) is 0 Å². The summed E-state index contributed by atoms with van der Waals surface area (Å²) in [6.45, 7) is 4.07. The Morgan fingerprint density at radius 1 is 1.59 bits per heavy atom. The molecule has 0 bridgehead atoms. The molecule has 1 N–H and O–H groups in total. The lowest BCUT2D eigenvalue weighted by Gasteiger charge is -2.04. The first kappa shape index (κ1) is 13.7. The minimum atomic E-state index is -0.378. The Hall–Kier alpha value is -1.40. The van der Waals surface area contributed by atoms with E-state index in [4.69, 9.17) is 9.47 Å². The predicted octanol–water partition coefficient (Wildman–Crippen LogP) is 0.333. The number of nitrogens with zero attached hydrogens (tertiary/aromatic N) is 2. The summed E-state index contributed by atoms with van der Waals surface area (Å²) in [4.78, 5) is 11.6. The number of aromatic nitrogens is 2. The van der Waals surface area contributed by atoms with Gasteiger partial charge < -0.3 is 14.8 Å². The molecule has 6 nitrogen and oxygen atoms in total. The molecule has 0 atom stereocenters. The molecular weight excluding hydrogens is 222 g/mol. The molecule has 1 heterocycles. The molecule has 0 aliphatic carbocycles. The summed E-state index contributed by atoms with van der Waals surface area (Å²) < 4.78 is 11.5. The Kier molecular flexibility index (Phi) is 5.65. The van der Waals surface area contributed by atoms with E-state index in [2.05, 4.69) is 10.4 Å². The van der Waals surface area contributed by atoms with Gasteiger partial charge in [0.1, 0.15) is 0 Å². The average molecular weight is 241 g/mol. The Balaban J connectivity index is 2.60. The average Bonchev–Trinajstić information content (AvgIpc) is 2.66. The molecular formula is C11H19N3O3. The maximum Gasteiger partial charge on any atom is 0.359 e. The van der Waals surface area contributed by atoms with Gasteiger partial charge in [-0.2, -0.15) is 5.10 Å². The molecule has 0 saturated heterocycles. The first-order valence-corrected chi connectivity index (χ1v) is 5.58. The summed E-state index contributed by atoms with van der Waals surface area (Å²) in [5.41, 5.74) is 1.21. The van der Waals surface area contributed by atoms with Crippen LogP contribution in [0.25, 0.3) is 0 Å². The van der Waals surface area contributed by atoms with Crippen molar-refractivity contribution in [2.24, 2.45) is 7.05 Å². The third-order valence-electron chi connectivity index (χ3n) is 2.17. The van der Waals surface area contributed by atoms with Crippen molar-refractivity contribution in [2.75, 3.05) is 26.9 Å². The van der Waals surface area contributed by atoms with E-state index in [0.29, 0.717) is 25.5 Å². The summed E-state index contributed by atoms with van der Waals surface area (Å²) in [7, 11) is 3.43. The Labute approximate surface area is 101 Å². The predicted molar refractivity (Wildman–Crippen MR) is 62.7 cm³/mol. The molecule has 0 aliphatic heterocycles. The normalized spacial score (nSPS) is 10.5. The van der Waals surface area contributed by atoms with Crippen LogP contribution in [-0.2, 0) is 23.1 Å². The number of carbonyl (C=O) groups is 1. The van der Waals surface area contributed by atoms with Crippen molar-refractivity contribution in [2.45, 2.75) is 13.5 Å². The highest BCUT2D eigenvalue weighted by Gasteiger charge is 2.16. The molecule has 1 rings (SSSR count). The number of aryl methyl sites for hydroxylation is 1. The second-order valence-corrected chi connectivity index (χ2v) is 3.57. The number of rotatable bonds is 7. The lowest BCUT2D eigenvalue weighted by Crippen LogP contribution is -2.20. The summed E-state index contributed by atoms with van der Waals surface area (Å²) in [6.07, 6.45) is 1.81. The highest BCUT2D eigenvalue weighted by Crippen LogP contribution is 2.07. The van der Waals surface area contributed by atoms with Gasteiger partial charge in [-0.1, -0.05) is 0 Å². The zero-order valence-corrected chi connectivity index (χ0v) is 10.5. The summed E-state index contributed by atoms with van der Waals surface area (Å²) in [6, 6.07) is 0. The van der Waals surface area contributed by atoms with Gasteiger partial charge in [0.25, 0.3) is 0 Å². The van der Waals surface area contributed by atoms with Crippen LogP contribution in [0.5, 0.6) is 0 Å². The van der Waals surface area contributed by atoms with Crippen LogP contribution in [0.4, 0.5) is 0 Å². The first-order valence-electron chi connectivity index (χ1n) is 5.58. The topological polar surface area (TPSA) is 65.4 Å². The molecule has 1 aromatic rings. The fourth-order valence-corrected chi connectivity index (χ4v) is 1.44. The number of esters is 1. The molecule has 0 saturated carbocycles. The second-order valence-electron chi connectivity index (χ2n) is 3.57. The van der Waals surface area contributed by atoms with Crippen LogP contribution in [-0.4, -0.2) is 42.6 Å². The van der Waals surface area contributed by atoms with Gasteiger partial charge in [-0.15, -0.1) is 0 Å². The minimum absolute atomic E-state index is 0.353. The standard InChI is InChI=1S/C11H19N3O3/c1-4-17-11(15)10-9(8-14(2)13-10)7-12-5-6-16-3/h8,12H,4-7H2,1-3H3. The van der Waals surface area contributed by atoms with Gasteiger partial charge in [-0.05, 0) is 6.92 Å². The number of hydrogen-bond acceptors (Lipinski definition) is 5. The van der Waals surface area contributed by atoms with Crippen LogP contribution in [0.15, 0.2) is 6.20 Å². The quantitative estimate of drug-likeness (QED) is 0.550. The Morgan fingerprint density at radius 2 is 2.35 bits per heavy atom. The van der Waals surface area contributed by atoms with E-state index >= 15 is 0 Å². The van der Waals surface area contributed by atoms with Crippen LogP contribution >= 0.6 is 0 Å². The summed E-state index contributed by atoms with van der Waals surface area (Å²) in [5, 5.41) is 7.27. The molecule has 0 aromatic carbocycles. The molecule has 0 radical (unpaired) electrons. The number of methoxy groups -OCH3 is 1. The van der Waals surface area contributed by atoms with Gasteiger partial charge in [0.15, 0.2) is 5.69 Å². The van der Waals surface area contributed by atoms with E-state index in [-0.39, 0.29) is 5.97 Å². The maximum absolute atomic E-state index is 11.6. The van der Waals surface area contributed by atoms with Gasteiger partial charge in [0, 0.05) is 39.0 Å². The fourth-order valence-electron chi connectivity index (χ4n) is 1.44. The Morgan fingerprint density at radius 3 is 3.00 bits per heavy atom. The SMILES string of the molecule is CCOC(=O)c1nn(C)cc1CNCCOC. The molecule has 0 spiro atoms. The summed E-state index contributed by atoms with van der Waals surface area (Å²) in [5.74, 6) is -0.378. The smallest absolute Gasteiger partial charge is 0.359 e. The first-order chi connectivity index (χ1) is 8.19. The number of carbonyl (C=O) groups excluding carboxylic acids is 1. The molecule has 17 heavy (non-hydrogen) atoms. The van der Waals surface area contributed by atoms with E-state index in [1.54, 1.807) is 25.8 Å². The lowest BCUT2D eigenvalue weighted by molar-refractivity contribution is 0.0517. The molecule has 0 amide bonds. The highest BCUT2D eigenvalue weighted by atomic mass is 16.5. The molecule has 0 unspecified atom stereocenters. The van der Waals surface area contributed by atoms with Gasteiger partial charge in [-0.25, -0.2) is 4.79 Å². The number of ether oxygens (including phenoxy) is 2. The van der Waals surface area contributed by atoms with Crippen molar-refractivity contribution in [1.29, 1.82) is 0 Å². The van der Waals surface area contributed by atoms with Crippen molar-refractivity contribution in [3.05, 3.63) is 17.5 Å². The van der Waals surface area contributed by atoms with E-state index in [9.17, 15) is 4.79 Å². The van der Waals surface area contributed by atoms with Crippen LogP contribution in [0, 0.1) is 0 Å². The lowest BCUT2D eigenvalue weighted by atomic mass is 10.2. The Bertz CT molecular complexity index is 363. The van der Waals surface area contributed by atoms with Crippen molar-refractivity contribution < 1.29 is 14.3 Å². The largest absolute Gasteiger partial charge is 0.461 e. The molecule has 0 fully saturated rings. The van der Waals surface area contributed by atoms with Crippen molar-refractivity contribution in [1.82, 2.24) is 15.1 Å². The monoisotopic (exact) mass is 241 g/mol. The third kappa shape index (κ3) is 4.16. The fraction of sp³-hybridized carbons (Fsp3) is 0.636.